The molecule has 0 radical (unpaired) electrons. The Balaban J connectivity index is 2.18. The van der Waals surface area contributed by atoms with Crippen LogP contribution in [-0.2, 0) is 0 Å². The van der Waals surface area contributed by atoms with Crippen LogP contribution in [0.5, 0.6) is 5.75 Å². The quantitative estimate of drug-likeness (QED) is 0.882. The fraction of sp³-hybridized carbons (Fsp3) is 0.600. The Morgan fingerprint density at radius 2 is 2.11 bits per heavy atom. The summed E-state index contributed by atoms with van der Waals surface area (Å²) >= 11 is 5.79. The zero-order chi connectivity index (χ0) is 14.0. The van der Waals surface area contributed by atoms with E-state index in [9.17, 15) is 4.39 Å². The number of benzene rings is 1. The van der Waals surface area contributed by atoms with Gasteiger partial charge < -0.3 is 10.1 Å². The molecule has 0 bridgehead atoms. The van der Waals surface area contributed by atoms with Gasteiger partial charge in [0.05, 0.1) is 5.02 Å². The zero-order valence-corrected chi connectivity index (χ0v) is 12.4. The van der Waals surface area contributed by atoms with Crippen molar-refractivity contribution in [2.24, 2.45) is 5.41 Å². The predicted octanol–water partition coefficient (Wildman–Crippen LogP) is 4.02. The van der Waals surface area contributed by atoms with Gasteiger partial charge in [-0.25, -0.2) is 4.39 Å². The molecule has 2 atom stereocenters. The predicted molar refractivity (Wildman–Crippen MR) is 76.3 cm³/mol. The van der Waals surface area contributed by atoms with Crippen LogP contribution in [0.1, 0.15) is 33.1 Å². The SMILES string of the molecule is CCC1(CC)C(NC)CC1Oc1cccc(Cl)c1F. The summed E-state index contributed by atoms with van der Waals surface area (Å²) < 4.78 is 19.8. The molecular weight excluding hydrogens is 265 g/mol. The van der Waals surface area contributed by atoms with Crippen LogP contribution in [0.15, 0.2) is 18.2 Å². The number of hydrogen-bond acceptors (Lipinski definition) is 2. The molecule has 1 N–H and O–H groups in total. The monoisotopic (exact) mass is 285 g/mol. The van der Waals surface area contributed by atoms with Gasteiger partial charge in [-0.05, 0) is 32.0 Å². The second-order valence-corrected chi connectivity index (χ2v) is 5.58. The van der Waals surface area contributed by atoms with Crippen molar-refractivity contribution in [2.45, 2.75) is 45.3 Å². The van der Waals surface area contributed by atoms with E-state index in [4.69, 9.17) is 16.3 Å². The van der Waals surface area contributed by atoms with Crippen LogP contribution in [0.4, 0.5) is 4.39 Å². The van der Waals surface area contributed by atoms with E-state index in [1.54, 1.807) is 12.1 Å². The van der Waals surface area contributed by atoms with Crippen LogP contribution in [0.25, 0.3) is 0 Å². The third kappa shape index (κ3) is 2.34. The highest BCUT2D eigenvalue weighted by Crippen LogP contribution is 2.49. The molecular formula is C15H21ClFNO. The minimum Gasteiger partial charge on any atom is -0.487 e. The first-order chi connectivity index (χ1) is 9.08. The molecule has 1 aromatic rings. The molecule has 4 heteroatoms. The molecule has 2 rings (SSSR count). The number of halogens is 2. The molecule has 0 aromatic heterocycles. The Labute approximate surface area is 119 Å². The maximum Gasteiger partial charge on any atom is 0.183 e. The molecule has 2 nitrogen and oxygen atoms in total. The summed E-state index contributed by atoms with van der Waals surface area (Å²) in [5.74, 6) is -0.198. The number of nitrogens with one attached hydrogen (secondary N) is 1. The maximum absolute atomic E-state index is 13.9. The lowest BCUT2D eigenvalue weighted by atomic mass is 9.58. The van der Waals surface area contributed by atoms with Crippen molar-refractivity contribution in [3.05, 3.63) is 29.0 Å². The van der Waals surface area contributed by atoms with Crippen LogP contribution in [0.2, 0.25) is 5.02 Å². The highest BCUT2D eigenvalue weighted by Gasteiger charge is 2.53. The Morgan fingerprint density at radius 3 is 2.68 bits per heavy atom. The molecule has 106 valence electrons. The van der Waals surface area contributed by atoms with Crippen molar-refractivity contribution in [2.75, 3.05) is 7.05 Å². The number of rotatable bonds is 5. The first kappa shape index (κ1) is 14.6. The topological polar surface area (TPSA) is 21.3 Å². The van der Waals surface area contributed by atoms with Crippen LogP contribution in [0, 0.1) is 11.2 Å². The van der Waals surface area contributed by atoms with Gasteiger partial charge in [0.2, 0.25) is 0 Å². The summed E-state index contributed by atoms with van der Waals surface area (Å²) in [6.07, 6.45) is 2.99. The minimum absolute atomic E-state index is 0.0490. The first-order valence-electron chi connectivity index (χ1n) is 6.87. The lowest BCUT2D eigenvalue weighted by molar-refractivity contribution is -0.0849. The average molecular weight is 286 g/mol. The molecule has 1 aliphatic carbocycles. The van der Waals surface area contributed by atoms with Crippen molar-refractivity contribution in [3.63, 3.8) is 0 Å². The smallest absolute Gasteiger partial charge is 0.183 e. The van der Waals surface area contributed by atoms with Gasteiger partial charge in [0.15, 0.2) is 11.6 Å². The van der Waals surface area contributed by atoms with Crippen molar-refractivity contribution >= 4 is 11.6 Å². The molecule has 0 spiro atoms. The van der Waals surface area contributed by atoms with Gasteiger partial charge in [0.1, 0.15) is 6.10 Å². The number of hydrogen-bond donors (Lipinski definition) is 1. The van der Waals surface area contributed by atoms with Gasteiger partial charge in [0.25, 0.3) is 0 Å². The Morgan fingerprint density at radius 1 is 1.42 bits per heavy atom. The van der Waals surface area contributed by atoms with E-state index in [0.29, 0.717) is 6.04 Å². The van der Waals surface area contributed by atoms with Crippen LogP contribution in [-0.4, -0.2) is 19.2 Å². The van der Waals surface area contributed by atoms with Gasteiger partial charge in [-0.1, -0.05) is 31.5 Å². The van der Waals surface area contributed by atoms with Crippen LogP contribution >= 0.6 is 11.6 Å². The summed E-state index contributed by atoms with van der Waals surface area (Å²) in [4.78, 5) is 0. The molecule has 1 aromatic carbocycles. The second kappa shape index (κ2) is 5.68. The van der Waals surface area contributed by atoms with Crippen molar-refractivity contribution < 1.29 is 9.13 Å². The van der Waals surface area contributed by atoms with E-state index in [-0.39, 0.29) is 22.3 Å². The summed E-state index contributed by atoms with van der Waals surface area (Å²) in [5.41, 5.74) is 0.0868. The molecule has 1 aliphatic rings. The molecule has 0 aliphatic heterocycles. The highest BCUT2D eigenvalue weighted by molar-refractivity contribution is 6.30. The fourth-order valence-corrected chi connectivity index (χ4v) is 3.41. The Hall–Kier alpha value is -0.800. The molecule has 0 saturated heterocycles. The Kier molecular flexibility index (Phi) is 4.36. The maximum atomic E-state index is 13.9. The lowest BCUT2D eigenvalue weighted by Crippen LogP contribution is -2.63. The van der Waals surface area contributed by atoms with E-state index in [1.165, 1.54) is 6.07 Å². The van der Waals surface area contributed by atoms with Gasteiger partial charge >= 0.3 is 0 Å². The standard InChI is InChI=1S/C15H21ClFNO/c1-4-15(5-2)12(18-3)9-13(15)19-11-8-6-7-10(16)14(11)17/h6-8,12-13,18H,4-5,9H2,1-3H3. The van der Waals surface area contributed by atoms with Gasteiger partial charge in [-0.15, -0.1) is 0 Å². The van der Waals surface area contributed by atoms with E-state index in [0.717, 1.165) is 19.3 Å². The average Bonchev–Trinajstić information content (AvgIpc) is 2.40. The Bertz CT molecular complexity index is 448. The van der Waals surface area contributed by atoms with Crippen LogP contribution in [0.3, 0.4) is 0 Å². The van der Waals surface area contributed by atoms with E-state index < -0.39 is 5.82 Å². The van der Waals surface area contributed by atoms with Crippen LogP contribution < -0.4 is 10.1 Å². The van der Waals surface area contributed by atoms with E-state index in [1.807, 2.05) is 7.05 Å². The normalized spacial score (nSPS) is 24.9. The van der Waals surface area contributed by atoms with E-state index in [2.05, 4.69) is 19.2 Å². The molecule has 1 saturated carbocycles. The minimum atomic E-state index is -0.460. The molecule has 0 heterocycles. The van der Waals surface area contributed by atoms with Crippen molar-refractivity contribution in [1.82, 2.24) is 5.32 Å². The molecule has 2 unspecified atom stereocenters. The largest absolute Gasteiger partial charge is 0.487 e. The second-order valence-electron chi connectivity index (χ2n) is 5.18. The summed E-state index contributed by atoms with van der Waals surface area (Å²) in [5, 5.41) is 3.45. The third-order valence-electron chi connectivity index (χ3n) is 4.64. The highest BCUT2D eigenvalue weighted by atomic mass is 35.5. The van der Waals surface area contributed by atoms with Gasteiger partial charge in [-0.2, -0.15) is 0 Å². The van der Waals surface area contributed by atoms with Gasteiger partial charge in [-0.3, -0.25) is 0 Å². The third-order valence-corrected chi connectivity index (χ3v) is 4.93. The molecule has 19 heavy (non-hydrogen) atoms. The van der Waals surface area contributed by atoms with Crippen molar-refractivity contribution in [3.8, 4) is 5.75 Å². The summed E-state index contributed by atoms with van der Waals surface area (Å²) in [6.45, 7) is 4.33. The number of ether oxygens (including phenoxy) is 1. The first-order valence-corrected chi connectivity index (χ1v) is 7.24. The van der Waals surface area contributed by atoms with E-state index >= 15 is 0 Å². The summed E-state index contributed by atoms with van der Waals surface area (Å²) in [6, 6.07) is 5.33. The molecule has 0 amide bonds. The van der Waals surface area contributed by atoms with Crippen molar-refractivity contribution in [1.29, 1.82) is 0 Å². The fourth-order valence-electron chi connectivity index (χ4n) is 3.24. The zero-order valence-electron chi connectivity index (χ0n) is 11.7. The summed E-state index contributed by atoms with van der Waals surface area (Å²) in [7, 11) is 1.97. The lowest BCUT2D eigenvalue weighted by Gasteiger charge is -2.55. The molecule has 1 fully saturated rings. The van der Waals surface area contributed by atoms with Gasteiger partial charge in [0, 0.05) is 17.9 Å².